The molecule has 3 heterocycles. The van der Waals surface area contributed by atoms with E-state index < -0.39 is 5.97 Å². The summed E-state index contributed by atoms with van der Waals surface area (Å²) in [5.74, 6) is -0.808. The molecule has 2 saturated heterocycles. The minimum atomic E-state index is -0.808. The average molecular weight is 262 g/mol. The zero-order valence-electron chi connectivity index (χ0n) is 11.7. The van der Waals surface area contributed by atoms with E-state index in [1.165, 1.54) is 25.8 Å². The Hall–Kier alpha value is -1.29. The number of aryl methyl sites for hydroxylation is 1. The molecule has 0 spiro atoms. The zero-order chi connectivity index (χ0) is 13.6. The molecule has 1 N–H and O–H groups in total. The molecule has 2 unspecified atom stereocenters. The second kappa shape index (κ2) is 4.67. The molecule has 2 atom stereocenters. The van der Waals surface area contributed by atoms with Crippen molar-refractivity contribution in [1.82, 2.24) is 9.47 Å². The first-order valence-corrected chi connectivity index (χ1v) is 7.23. The summed E-state index contributed by atoms with van der Waals surface area (Å²) >= 11 is 0. The van der Waals surface area contributed by atoms with Crippen LogP contribution in [0.2, 0.25) is 0 Å². The molecule has 19 heavy (non-hydrogen) atoms. The van der Waals surface area contributed by atoms with Gasteiger partial charge in [0.05, 0.1) is 5.56 Å². The first-order chi connectivity index (χ1) is 9.08. The summed E-state index contributed by atoms with van der Waals surface area (Å²) in [7, 11) is 0. The largest absolute Gasteiger partial charge is 0.478 e. The molecule has 104 valence electrons. The lowest BCUT2D eigenvalue weighted by Crippen LogP contribution is -2.39. The molecule has 0 aliphatic carbocycles. The number of aromatic carboxylic acids is 1. The fourth-order valence-corrected chi connectivity index (χ4v) is 3.99. The maximum Gasteiger partial charge on any atom is 0.337 e. The van der Waals surface area contributed by atoms with Gasteiger partial charge in [-0.1, -0.05) is 0 Å². The van der Waals surface area contributed by atoms with Crippen LogP contribution >= 0.6 is 0 Å². The number of carbonyl (C=O) groups is 1. The van der Waals surface area contributed by atoms with Gasteiger partial charge in [0.15, 0.2) is 0 Å². The number of hydrogen-bond acceptors (Lipinski definition) is 2. The number of carboxylic acid groups (broad SMARTS) is 1. The summed E-state index contributed by atoms with van der Waals surface area (Å²) in [6.45, 7) is 6.38. The van der Waals surface area contributed by atoms with Crippen LogP contribution in [0.4, 0.5) is 0 Å². The SMILES string of the molecule is Cc1cc(C(=O)O)c(C)n1C1CCN2CCCC2C1. The van der Waals surface area contributed by atoms with E-state index in [2.05, 4.69) is 9.47 Å². The standard InChI is InChI=1S/C15H22N2O2/c1-10-8-14(15(18)19)11(2)17(10)13-5-7-16-6-3-4-12(16)9-13/h8,12-13H,3-7,9H2,1-2H3,(H,18,19). The first kappa shape index (κ1) is 12.7. The fourth-order valence-electron chi connectivity index (χ4n) is 3.99. The molecular formula is C15H22N2O2. The van der Waals surface area contributed by atoms with Gasteiger partial charge in [-0.25, -0.2) is 4.79 Å². The molecule has 2 fully saturated rings. The molecular weight excluding hydrogens is 240 g/mol. The van der Waals surface area contributed by atoms with Crippen molar-refractivity contribution in [3.63, 3.8) is 0 Å². The lowest BCUT2D eigenvalue weighted by atomic mass is 9.97. The minimum Gasteiger partial charge on any atom is -0.478 e. The minimum absolute atomic E-state index is 0.464. The van der Waals surface area contributed by atoms with E-state index in [9.17, 15) is 9.90 Å². The van der Waals surface area contributed by atoms with Crippen LogP contribution in [0.25, 0.3) is 0 Å². The van der Waals surface area contributed by atoms with Crippen molar-refractivity contribution in [2.45, 2.75) is 51.6 Å². The van der Waals surface area contributed by atoms with Gasteiger partial charge in [-0.05, 0) is 52.1 Å². The van der Waals surface area contributed by atoms with Gasteiger partial charge in [0.25, 0.3) is 0 Å². The molecule has 1 aromatic heterocycles. The molecule has 0 amide bonds. The highest BCUT2D eigenvalue weighted by Crippen LogP contribution is 2.35. The monoisotopic (exact) mass is 262 g/mol. The highest BCUT2D eigenvalue weighted by atomic mass is 16.4. The molecule has 0 saturated carbocycles. The Morgan fingerprint density at radius 2 is 2.05 bits per heavy atom. The van der Waals surface area contributed by atoms with Crippen LogP contribution in [-0.4, -0.2) is 39.7 Å². The number of nitrogens with zero attached hydrogens (tertiary/aromatic N) is 2. The Kier molecular flexibility index (Phi) is 3.13. The summed E-state index contributed by atoms with van der Waals surface area (Å²) in [5.41, 5.74) is 2.47. The van der Waals surface area contributed by atoms with Crippen molar-refractivity contribution in [3.05, 3.63) is 23.0 Å². The van der Waals surface area contributed by atoms with Gasteiger partial charge >= 0.3 is 5.97 Å². The predicted molar refractivity (Wildman–Crippen MR) is 73.7 cm³/mol. The number of aromatic nitrogens is 1. The molecule has 4 nitrogen and oxygen atoms in total. The molecule has 0 bridgehead atoms. The summed E-state index contributed by atoms with van der Waals surface area (Å²) in [6.07, 6.45) is 4.95. The van der Waals surface area contributed by atoms with E-state index in [4.69, 9.17) is 0 Å². The van der Waals surface area contributed by atoms with Gasteiger partial charge in [-0.2, -0.15) is 0 Å². The van der Waals surface area contributed by atoms with Crippen molar-refractivity contribution in [1.29, 1.82) is 0 Å². The van der Waals surface area contributed by atoms with Gasteiger partial charge in [0.1, 0.15) is 0 Å². The van der Waals surface area contributed by atoms with E-state index >= 15 is 0 Å². The Morgan fingerprint density at radius 1 is 1.26 bits per heavy atom. The van der Waals surface area contributed by atoms with Crippen LogP contribution in [0, 0.1) is 13.8 Å². The number of hydrogen-bond donors (Lipinski definition) is 1. The van der Waals surface area contributed by atoms with Crippen LogP contribution in [0.5, 0.6) is 0 Å². The van der Waals surface area contributed by atoms with E-state index in [1.807, 2.05) is 19.9 Å². The smallest absolute Gasteiger partial charge is 0.337 e. The second-order valence-electron chi connectivity index (χ2n) is 5.97. The van der Waals surface area contributed by atoms with Crippen LogP contribution < -0.4 is 0 Å². The van der Waals surface area contributed by atoms with E-state index in [0.29, 0.717) is 17.6 Å². The van der Waals surface area contributed by atoms with E-state index in [1.54, 1.807) is 0 Å². The fraction of sp³-hybridized carbons (Fsp3) is 0.667. The van der Waals surface area contributed by atoms with Gasteiger partial charge in [-0.3, -0.25) is 0 Å². The number of fused-ring (bicyclic) bond motifs is 1. The quantitative estimate of drug-likeness (QED) is 0.891. The van der Waals surface area contributed by atoms with Crippen molar-refractivity contribution in [3.8, 4) is 0 Å². The van der Waals surface area contributed by atoms with Crippen molar-refractivity contribution in [2.24, 2.45) is 0 Å². The summed E-state index contributed by atoms with van der Waals surface area (Å²) in [5, 5.41) is 9.23. The topological polar surface area (TPSA) is 45.5 Å². The van der Waals surface area contributed by atoms with Gasteiger partial charge in [0, 0.05) is 30.0 Å². The number of carboxylic acids is 1. The summed E-state index contributed by atoms with van der Waals surface area (Å²) < 4.78 is 2.26. The van der Waals surface area contributed by atoms with Crippen LogP contribution in [-0.2, 0) is 0 Å². The van der Waals surface area contributed by atoms with Crippen LogP contribution in [0.3, 0.4) is 0 Å². The van der Waals surface area contributed by atoms with Gasteiger partial charge in [0.2, 0.25) is 0 Å². The molecule has 2 aliphatic rings. The normalized spacial score (nSPS) is 27.5. The Bertz CT molecular complexity index is 506. The molecule has 1 aromatic rings. The molecule has 0 radical (unpaired) electrons. The van der Waals surface area contributed by atoms with Crippen molar-refractivity contribution in [2.75, 3.05) is 13.1 Å². The number of piperidine rings is 1. The third-order valence-corrected chi connectivity index (χ3v) is 4.87. The lowest BCUT2D eigenvalue weighted by molar-refractivity contribution is 0.0695. The summed E-state index contributed by atoms with van der Waals surface area (Å²) in [4.78, 5) is 13.8. The summed E-state index contributed by atoms with van der Waals surface area (Å²) in [6, 6.07) is 3.01. The molecule has 0 aromatic carbocycles. The Morgan fingerprint density at radius 3 is 2.74 bits per heavy atom. The second-order valence-corrected chi connectivity index (χ2v) is 5.97. The zero-order valence-corrected chi connectivity index (χ0v) is 11.7. The molecule has 4 heteroatoms. The molecule has 3 rings (SSSR count). The van der Waals surface area contributed by atoms with E-state index in [-0.39, 0.29) is 0 Å². The Balaban J connectivity index is 1.88. The van der Waals surface area contributed by atoms with Crippen LogP contribution in [0.1, 0.15) is 53.5 Å². The maximum atomic E-state index is 11.2. The Labute approximate surface area is 114 Å². The number of rotatable bonds is 2. The van der Waals surface area contributed by atoms with Crippen molar-refractivity contribution >= 4 is 5.97 Å². The average Bonchev–Trinajstić information content (AvgIpc) is 2.93. The maximum absolute atomic E-state index is 11.2. The van der Waals surface area contributed by atoms with Gasteiger partial charge < -0.3 is 14.6 Å². The predicted octanol–water partition coefficient (Wildman–Crippen LogP) is 2.60. The third kappa shape index (κ3) is 2.08. The highest BCUT2D eigenvalue weighted by Gasteiger charge is 2.33. The first-order valence-electron chi connectivity index (χ1n) is 7.23. The third-order valence-electron chi connectivity index (χ3n) is 4.87. The van der Waals surface area contributed by atoms with E-state index in [0.717, 1.165) is 24.4 Å². The molecule has 2 aliphatic heterocycles. The highest BCUT2D eigenvalue weighted by molar-refractivity contribution is 5.89. The van der Waals surface area contributed by atoms with Gasteiger partial charge in [-0.15, -0.1) is 0 Å². The lowest BCUT2D eigenvalue weighted by Gasteiger charge is -2.36. The van der Waals surface area contributed by atoms with Crippen LogP contribution in [0.15, 0.2) is 6.07 Å². The van der Waals surface area contributed by atoms with Crippen molar-refractivity contribution < 1.29 is 9.90 Å².